The highest BCUT2D eigenvalue weighted by Crippen LogP contribution is 2.40. The lowest BCUT2D eigenvalue weighted by atomic mass is 9.68. The topological polar surface area (TPSA) is 49.3 Å². The number of aliphatic hydroxyl groups is 1. The summed E-state index contributed by atoms with van der Waals surface area (Å²) in [5, 5.41) is 12.3. The molecule has 0 bridgehead atoms. The number of rotatable bonds is 4. The van der Waals surface area contributed by atoms with Crippen LogP contribution in [0.5, 0.6) is 0 Å². The van der Waals surface area contributed by atoms with Gasteiger partial charge in [-0.25, -0.2) is 0 Å². The van der Waals surface area contributed by atoms with Gasteiger partial charge < -0.3 is 10.4 Å². The predicted octanol–water partition coefficient (Wildman–Crippen LogP) is 2.69. The highest BCUT2D eigenvalue weighted by atomic mass is 16.3. The molecule has 1 aromatic carbocycles. The molecule has 1 aliphatic carbocycles. The van der Waals surface area contributed by atoms with Crippen LogP contribution in [0.15, 0.2) is 24.3 Å². The second-order valence-electron chi connectivity index (χ2n) is 6.07. The lowest BCUT2D eigenvalue weighted by Crippen LogP contribution is -2.47. The second-order valence-corrected chi connectivity index (χ2v) is 6.07. The Morgan fingerprint density at radius 1 is 1.35 bits per heavy atom. The van der Waals surface area contributed by atoms with E-state index in [-0.39, 0.29) is 5.91 Å². The molecule has 1 fully saturated rings. The third kappa shape index (κ3) is 3.21. The molecule has 0 saturated heterocycles. The first-order valence-corrected chi connectivity index (χ1v) is 7.58. The summed E-state index contributed by atoms with van der Waals surface area (Å²) >= 11 is 0. The Hall–Kier alpha value is -1.35. The average Bonchev–Trinajstić information content (AvgIpc) is 2.45. The van der Waals surface area contributed by atoms with Gasteiger partial charge in [0.2, 0.25) is 5.91 Å². The molecule has 0 heterocycles. The molecule has 1 unspecified atom stereocenters. The van der Waals surface area contributed by atoms with Crippen LogP contribution in [0.4, 0.5) is 0 Å². The first-order chi connectivity index (χ1) is 9.54. The fourth-order valence-electron chi connectivity index (χ4n) is 3.15. The SMILES string of the molecule is Cc1cccc(C2(C(=O)NCC(C)O)CCCCC2)c1. The molecule has 1 aromatic rings. The third-order valence-corrected chi connectivity index (χ3v) is 4.27. The van der Waals surface area contributed by atoms with Crippen LogP contribution in [-0.4, -0.2) is 23.7 Å². The maximum Gasteiger partial charge on any atom is 0.230 e. The lowest BCUT2D eigenvalue weighted by Gasteiger charge is -2.36. The third-order valence-electron chi connectivity index (χ3n) is 4.27. The van der Waals surface area contributed by atoms with Gasteiger partial charge in [0.1, 0.15) is 0 Å². The van der Waals surface area contributed by atoms with Crippen molar-refractivity contribution in [2.45, 2.75) is 57.5 Å². The molecule has 3 nitrogen and oxygen atoms in total. The number of hydrogen-bond acceptors (Lipinski definition) is 2. The number of carbonyl (C=O) groups is 1. The van der Waals surface area contributed by atoms with Gasteiger partial charge in [-0.15, -0.1) is 0 Å². The Kier molecular flexibility index (Phi) is 4.81. The van der Waals surface area contributed by atoms with Crippen LogP contribution in [-0.2, 0) is 10.2 Å². The van der Waals surface area contributed by atoms with Crippen molar-refractivity contribution < 1.29 is 9.90 Å². The van der Waals surface area contributed by atoms with Gasteiger partial charge in [0.15, 0.2) is 0 Å². The summed E-state index contributed by atoms with van der Waals surface area (Å²) < 4.78 is 0. The maximum absolute atomic E-state index is 12.7. The standard InChI is InChI=1S/C17H25NO2/c1-13-7-6-8-15(11-13)17(9-4-3-5-10-17)16(20)18-12-14(2)19/h6-8,11,14,19H,3-5,9-10,12H2,1-2H3,(H,18,20). The fourth-order valence-corrected chi connectivity index (χ4v) is 3.15. The highest BCUT2D eigenvalue weighted by Gasteiger charge is 2.40. The van der Waals surface area contributed by atoms with Crippen LogP contribution in [0.1, 0.15) is 50.2 Å². The van der Waals surface area contributed by atoms with Gasteiger partial charge in [0.25, 0.3) is 0 Å². The molecule has 110 valence electrons. The van der Waals surface area contributed by atoms with E-state index in [2.05, 4.69) is 30.4 Å². The minimum Gasteiger partial charge on any atom is -0.392 e. The van der Waals surface area contributed by atoms with E-state index in [1.165, 1.54) is 12.0 Å². The van der Waals surface area contributed by atoms with Gasteiger partial charge in [-0.1, -0.05) is 49.1 Å². The number of hydrogen-bond donors (Lipinski definition) is 2. The van der Waals surface area contributed by atoms with Crippen LogP contribution in [0.3, 0.4) is 0 Å². The zero-order chi connectivity index (χ0) is 14.6. The zero-order valence-corrected chi connectivity index (χ0v) is 12.5. The Bertz CT molecular complexity index is 462. The van der Waals surface area contributed by atoms with E-state index in [1.54, 1.807) is 6.92 Å². The molecule has 0 aliphatic heterocycles. The summed E-state index contributed by atoms with van der Waals surface area (Å²) in [6.07, 6.45) is 4.70. The molecule has 0 spiro atoms. The van der Waals surface area contributed by atoms with Crippen LogP contribution in [0.2, 0.25) is 0 Å². The van der Waals surface area contributed by atoms with Crippen molar-refractivity contribution in [3.63, 3.8) is 0 Å². The Morgan fingerprint density at radius 3 is 2.65 bits per heavy atom. The highest BCUT2D eigenvalue weighted by molar-refractivity contribution is 5.88. The fraction of sp³-hybridized carbons (Fsp3) is 0.588. The second kappa shape index (κ2) is 6.40. The van der Waals surface area contributed by atoms with E-state index in [4.69, 9.17) is 0 Å². The van der Waals surface area contributed by atoms with Gasteiger partial charge >= 0.3 is 0 Å². The Labute approximate surface area is 121 Å². The number of benzene rings is 1. The molecule has 1 aliphatic rings. The van der Waals surface area contributed by atoms with Crippen LogP contribution in [0.25, 0.3) is 0 Å². The molecule has 3 heteroatoms. The smallest absolute Gasteiger partial charge is 0.230 e. The molecular formula is C17H25NO2. The molecular weight excluding hydrogens is 250 g/mol. The lowest BCUT2D eigenvalue weighted by molar-refractivity contribution is -0.128. The van der Waals surface area contributed by atoms with Gasteiger partial charge in [-0.2, -0.15) is 0 Å². The van der Waals surface area contributed by atoms with Crippen LogP contribution >= 0.6 is 0 Å². The van der Waals surface area contributed by atoms with Crippen molar-refractivity contribution in [2.24, 2.45) is 0 Å². The van der Waals surface area contributed by atoms with Crippen LogP contribution in [0, 0.1) is 6.92 Å². The molecule has 0 radical (unpaired) electrons. The monoisotopic (exact) mass is 275 g/mol. The minimum atomic E-state index is -0.503. The van der Waals surface area contributed by atoms with Crippen molar-refractivity contribution >= 4 is 5.91 Å². The predicted molar refractivity (Wildman–Crippen MR) is 80.6 cm³/mol. The normalized spacial score (nSPS) is 19.4. The van der Waals surface area contributed by atoms with E-state index in [9.17, 15) is 9.90 Å². The molecule has 1 atom stereocenters. The molecule has 0 aromatic heterocycles. The van der Waals surface area contributed by atoms with Gasteiger partial charge in [-0.3, -0.25) is 4.79 Å². The molecule has 20 heavy (non-hydrogen) atoms. The summed E-state index contributed by atoms with van der Waals surface area (Å²) in [6, 6.07) is 8.30. The van der Waals surface area contributed by atoms with Crippen molar-refractivity contribution in [3.8, 4) is 0 Å². The van der Waals surface area contributed by atoms with E-state index >= 15 is 0 Å². The van der Waals surface area contributed by atoms with Crippen molar-refractivity contribution in [3.05, 3.63) is 35.4 Å². The Balaban J connectivity index is 2.27. The zero-order valence-electron chi connectivity index (χ0n) is 12.5. The summed E-state index contributed by atoms with van der Waals surface area (Å²) in [5.41, 5.74) is 1.91. The number of carbonyl (C=O) groups excluding carboxylic acids is 1. The van der Waals surface area contributed by atoms with Crippen LogP contribution < -0.4 is 5.32 Å². The average molecular weight is 275 g/mol. The number of nitrogens with one attached hydrogen (secondary N) is 1. The first-order valence-electron chi connectivity index (χ1n) is 7.58. The van der Waals surface area contributed by atoms with Crippen molar-refractivity contribution in [2.75, 3.05) is 6.54 Å². The van der Waals surface area contributed by atoms with E-state index in [1.807, 2.05) is 6.07 Å². The number of amides is 1. The summed E-state index contributed by atoms with van der Waals surface area (Å²) in [4.78, 5) is 12.7. The van der Waals surface area contributed by atoms with Crippen molar-refractivity contribution in [1.29, 1.82) is 0 Å². The summed E-state index contributed by atoms with van der Waals surface area (Å²) in [7, 11) is 0. The number of aryl methyl sites for hydroxylation is 1. The maximum atomic E-state index is 12.7. The molecule has 2 rings (SSSR count). The summed E-state index contributed by atoms with van der Waals surface area (Å²) in [6.45, 7) is 4.08. The molecule has 1 amide bonds. The van der Waals surface area contributed by atoms with Crippen molar-refractivity contribution in [1.82, 2.24) is 5.32 Å². The largest absolute Gasteiger partial charge is 0.392 e. The van der Waals surface area contributed by atoms with E-state index in [0.29, 0.717) is 6.54 Å². The van der Waals surface area contributed by atoms with E-state index < -0.39 is 11.5 Å². The minimum absolute atomic E-state index is 0.0729. The van der Waals surface area contributed by atoms with Gasteiger partial charge in [0.05, 0.1) is 11.5 Å². The Morgan fingerprint density at radius 2 is 2.05 bits per heavy atom. The summed E-state index contributed by atoms with van der Waals surface area (Å²) in [5.74, 6) is 0.0729. The van der Waals surface area contributed by atoms with Gasteiger partial charge in [-0.05, 0) is 32.3 Å². The van der Waals surface area contributed by atoms with E-state index in [0.717, 1.165) is 31.2 Å². The quantitative estimate of drug-likeness (QED) is 0.887. The molecule has 1 saturated carbocycles. The first kappa shape index (κ1) is 15.0. The van der Waals surface area contributed by atoms with Gasteiger partial charge in [0, 0.05) is 6.54 Å². The molecule has 2 N–H and O–H groups in total. The number of aliphatic hydroxyl groups excluding tert-OH is 1.